The standard InChI is InChI=1S/3C28H28N6O2/c3*1-34-11-7-18-3-4-19(13-24(18)34)22-14-21(15-23-28(22)31-9-8-30-23)33-27(25-17-29-10-12-36-25)20-5-6-26(35-2)32-16-20/h3*3-9,11,13-16,25,27,29,33H,10,12,17H2,1-2H3/t2*25?,27-;/m10./s1. The van der Waals surface area contributed by atoms with Crippen molar-refractivity contribution in [3.63, 3.8) is 0 Å². The van der Waals surface area contributed by atoms with Crippen molar-refractivity contribution in [3.8, 4) is 51.0 Å². The number of nitrogens with one attached hydrogen (secondary N) is 6. The topological polar surface area (TPSA) is 258 Å². The average molecular weight is 1440 g/mol. The zero-order valence-electron chi connectivity index (χ0n) is 60.9. The lowest BCUT2D eigenvalue weighted by Crippen LogP contribution is -2.44. The summed E-state index contributed by atoms with van der Waals surface area (Å²) in [5, 5.41) is 25.1. The number of aromatic nitrogens is 12. The molecule has 0 radical (unpaired) electrons. The lowest BCUT2D eigenvalue weighted by molar-refractivity contribution is 0.0163. The molecule has 15 aromatic rings. The summed E-state index contributed by atoms with van der Waals surface area (Å²) in [5.41, 5.74) is 20.9. The minimum absolute atomic E-state index is 0.0605. The molecule has 6 aromatic carbocycles. The Morgan fingerprint density at radius 3 is 0.935 bits per heavy atom. The molecule has 18 rings (SSSR count). The third-order valence-electron chi connectivity index (χ3n) is 20.3. The fourth-order valence-corrected chi connectivity index (χ4v) is 14.6. The molecule has 0 aliphatic carbocycles. The van der Waals surface area contributed by atoms with E-state index in [1.54, 1.807) is 58.5 Å². The van der Waals surface area contributed by atoms with Crippen LogP contribution < -0.4 is 46.1 Å². The highest BCUT2D eigenvalue weighted by molar-refractivity contribution is 6.00. The Balaban J connectivity index is 0.000000124. The van der Waals surface area contributed by atoms with Gasteiger partial charge >= 0.3 is 0 Å². The first-order chi connectivity index (χ1) is 53.1. The Morgan fingerprint density at radius 1 is 0.361 bits per heavy atom. The van der Waals surface area contributed by atoms with Crippen molar-refractivity contribution in [1.29, 1.82) is 0 Å². The van der Waals surface area contributed by atoms with Gasteiger partial charge in [0.05, 0.1) is 111 Å². The third-order valence-corrected chi connectivity index (χ3v) is 20.3. The molecule has 0 amide bonds. The number of hydrogen-bond acceptors (Lipinski definition) is 21. The number of aryl methyl sites for hydroxylation is 3. The molecule has 0 saturated carbocycles. The summed E-state index contributed by atoms with van der Waals surface area (Å²) in [6, 6.07) is 49.9. The number of morpholine rings is 3. The second-order valence-electron chi connectivity index (χ2n) is 27.1. The number of rotatable bonds is 18. The van der Waals surface area contributed by atoms with Crippen molar-refractivity contribution in [1.82, 2.24) is 74.5 Å². The van der Waals surface area contributed by atoms with Gasteiger partial charge in [-0.1, -0.05) is 36.4 Å². The lowest BCUT2D eigenvalue weighted by Gasteiger charge is -2.32. The van der Waals surface area contributed by atoms with E-state index in [1.807, 2.05) is 73.2 Å². The quantitative estimate of drug-likeness (QED) is 0.0466. The predicted molar refractivity (Wildman–Crippen MR) is 424 cm³/mol. The van der Waals surface area contributed by atoms with Crippen molar-refractivity contribution < 1.29 is 28.4 Å². The van der Waals surface area contributed by atoms with Crippen LogP contribution >= 0.6 is 0 Å². The molecule has 24 nitrogen and oxygen atoms in total. The maximum Gasteiger partial charge on any atom is 0.212 e. The summed E-state index contributed by atoms with van der Waals surface area (Å²) >= 11 is 0. The van der Waals surface area contributed by atoms with Gasteiger partial charge in [-0.15, -0.1) is 0 Å². The van der Waals surface area contributed by atoms with Gasteiger partial charge in [-0.05, 0) is 141 Å². The summed E-state index contributed by atoms with van der Waals surface area (Å²) < 4.78 is 40.7. The third kappa shape index (κ3) is 15.2. The number of fused-ring (bicyclic) bond motifs is 6. The maximum absolute atomic E-state index is 6.16. The van der Waals surface area contributed by atoms with Gasteiger partial charge in [0.25, 0.3) is 0 Å². The van der Waals surface area contributed by atoms with Crippen LogP contribution in [0.4, 0.5) is 17.1 Å². The molecule has 6 N–H and O–H groups in total. The van der Waals surface area contributed by atoms with Gasteiger partial charge in [0.15, 0.2) is 0 Å². The number of methoxy groups -OCH3 is 3. The van der Waals surface area contributed by atoms with Crippen molar-refractivity contribution in [3.05, 3.63) is 237 Å². The smallest absolute Gasteiger partial charge is 0.212 e. The molecule has 4 unspecified atom stereocenters. The van der Waals surface area contributed by atoms with Crippen LogP contribution in [0.1, 0.15) is 34.8 Å². The minimum atomic E-state index is -0.117. The normalized spacial score (nSPS) is 16.8. The van der Waals surface area contributed by atoms with Gasteiger partial charge in [0.1, 0.15) is 0 Å². The SMILES string of the molecule is COc1ccc(C(Nc2cc(-c3ccc4ccn(C)c4c3)c3nccnc3c2)C2CNCCO2)cn1.COc1ccc([C@@H](Nc2cc(-c3ccc4ccn(C)c4c3)c3nccnc3c2)C2CNCCO2)cn1.COc1ccc([C@H](Nc2cc(-c3ccc4ccn(C)c4c3)c3nccnc3c2)C2CNCCO2)cn1. The summed E-state index contributed by atoms with van der Waals surface area (Å²) in [5.74, 6) is 1.75. The summed E-state index contributed by atoms with van der Waals surface area (Å²) in [4.78, 5) is 41.3. The number of hydrogen-bond donors (Lipinski definition) is 6. The van der Waals surface area contributed by atoms with Crippen molar-refractivity contribution in [2.24, 2.45) is 21.1 Å². The Labute approximate surface area is 624 Å². The molecule has 546 valence electrons. The van der Waals surface area contributed by atoms with E-state index in [9.17, 15) is 0 Å². The van der Waals surface area contributed by atoms with Gasteiger partial charge in [0, 0.05) is 203 Å². The van der Waals surface area contributed by atoms with Crippen molar-refractivity contribution >= 4 is 82.9 Å². The largest absolute Gasteiger partial charge is 0.481 e. The summed E-state index contributed by atoms with van der Waals surface area (Å²) in [6.45, 7) is 6.77. The number of ether oxygens (including phenoxy) is 6. The highest BCUT2D eigenvalue weighted by Crippen LogP contribution is 2.39. The van der Waals surface area contributed by atoms with Crippen LogP contribution in [0.2, 0.25) is 0 Å². The summed E-state index contributed by atoms with van der Waals surface area (Å²) in [6.07, 6.45) is 22.0. The van der Waals surface area contributed by atoms with Gasteiger partial charge in [-0.2, -0.15) is 0 Å². The van der Waals surface area contributed by atoms with Crippen LogP contribution in [0.25, 0.3) is 99.2 Å². The zero-order chi connectivity index (χ0) is 73.5. The van der Waals surface area contributed by atoms with E-state index < -0.39 is 0 Å². The van der Waals surface area contributed by atoms with Crippen molar-refractivity contribution in [2.75, 3.05) is 96.4 Å². The highest BCUT2D eigenvalue weighted by atomic mass is 16.5. The molecule has 108 heavy (non-hydrogen) atoms. The van der Waals surface area contributed by atoms with Gasteiger partial charge in [-0.3, -0.25) is 29.9 Å². The Kier molecular flexibility index (Phi) is 20.8. The molecular formula is C84H84N18O6. The molecule has 24 heteroatoms. The molecule has 0 bridgehead atoms. The Hall–Kier alpha value is -12.0. The molecule has 3 aliphatic rings. The summed E-state index contributed by atoms with van der Waals surface area (Å²) in [7, 11) is 11.1. The molecule has 6 atom stereocenters. The molecule has 3 fully saturated rings. The van der Waals surface area contributed by atoms with E-state index in [0.717, 1.165) is 140 Å². The second kappa shape index (κ2) is 32.0. The first kappa shape index (κ1) is 70.3. The average Bonchev–Trinajstić information content (AvgIpc) is 1.17. The molecular weight excluding hydrogens is 1360 g/mol. The number of pyridine rings is 3. The predicted octanol–water partition coefficient (Wildman–Crippen LogP) is 13.0. The number of benzene rings is 6. The number of anilines is 3. The van der Waals surface area contributed by atoms with E-state index >= 15 is 0 Å². The van der Waals surface area contributed by atoms with Crippen LogP contribution in [0.3, 0.4) is 0 Å². The fraction of sp³-hybridized carbons (Fsp3) is 0.250. The van der Waals surface area contributed by atoms with Gasteiger partial charge < -0.3 is 74.0 Å². The van der Waals surface area contributed by atoms with Gasteiger partial charge in [0.2, 0.25) is 17.6 Å². The molecule has 3 aliphatic heterocycles. The van der Waals surface area contributed by atoms with E-state index in [2.05, 4.69) is 221 Å². The zero-order valence-corrected chi connectivity index (χ0v) is 60.9. The van der Waals surface area contributed by atoms with E-state index in [1.165, 1.54) is 32.7 Å². The Bertz CT molecular complexity index is 5070. The van der Waals surface area contributed by atoms with Crippen LogP contribution in [0, 0.1) is 0 Å². The minimum Gasteiger partial charge on any atom is -0.481 e. The van der Waals surface area contributed by atoms with Gasteiger partial charge in [-0.25, -0.2) is 15.0 Å². The second-order valence-corrected chi connectivity index (χ2v) is 27.1. The Morgan fingerprint density at radius 2 is 0.667 bits per heavy atom. The molecule has 3 saturated heterocycles. The lowest BCUT2D eigenvalue weighted by atomic mass is 9.99. The number of nitrogens with zero attached hydrogens (tertiary/aromatic N) is 12. The van der Waals surface area contributed by atoms with Crippen LogP contribution in [-0.2, 0) is 35.4 Å². The molecule has 12 heterocycles. The molecule has 9 aromatic heterocycles. The maximum atomic E-state index is 6.16. The first-order valence-corrected chi connectivity index (χ1v) is 36.3. The monoisotopic (exact) mass is 1440 g/mol. The first-order valence-electron chi connectivity index (χ1n) is 36.3. The van der Waals surface area contributed by atoms with E-state index in [0.29, 0.717) is 37.5 Å². The van der Waals surface area contributed by atoms with E-state index in [4.69, 9.17) is 28.4 Å². The van der Waals surface area contributed by atoms with Crippen LogP contribution in [-0.4, -0.2) is 157 Å². The van der Waals surface area contributed by atoms with Crippen LogP contribution in [0.15, 0.2) is 220 Å². The molecule has 0 spiro atoms. The van der Waals surface area contributed by atoms with Crippen LogP contribution in [0.5, 0.6) is 17.6 Å². The van der Waals surface area contributed by atoms with E-state index in [-0.39, 0.29) is 36.4 Å². The fourth-order valence-electron chi connectivity index (χ4n) is 14.6. The highest BCUT2D eigenvalue weighted by Gasteiger charge is 2.31. The van der Waals surface area contributed by atoms with Crippen molar-refractivity contribution in [2.45, 2.75) is 36.4 Å².